The number of pyridine rings is 1. The predicted molar refractivity (Wildman–Crippen MR) is 108 cm³/mol. The van der Waals surface area contributed by atoms with Crippen molar-refractivity contribution in [3.8, 4) is 11.5 Å². The molecule has 1 aliphatic rings. The van der Waals surface area contributed by atoms with E-state index in [1.54, 1.807) is 55.6 Å². The fourth-order valence-electron chi connectivity index (χ4n) is 3.27. The minimum atomic E-state index is -0.510. The Hall–Kier alpha value is -3.25. The zero-order chi connectivity index (χ0) is 19.7. The van der Waals surface area contributed by atoms with Gasteiger partial charge < -0.3 is 14.8 Å². The van der Waals surface area contributed by atoms with Crippen molar-refractivity contribution >= 4 is 28.9 Å². The molecule has 1 atom stereocenters. The van der Waals surface area contributed by atoms with Gasteiger partial charge in [0.15, 0.2) is 6.17 Å². The third-order valence-corrected chi connectivity index (χ3v) is 4.84. The van der Waals surface area contributed by atoms with E-state index in [4.69, 9.17) is 21.1 Å². The molecule has 7 heteroatoms. The Morgan fingerprint density at radius 3 is 2.57 bits per heavy atom. The third-order valence-electron chi connectivity index (χ3n) is 4.61. The number of hydrogen-bond donors (Lipinski definition) is 1. The number of amides is 1. The molecule has 0 aliphatic carbocycles. The average molecular weight is 396 g/mol. The van der Waals surface area contributed by atoms with Gasteiger partial charge in [0.1, 0.15) is 11.5 Å². The van der Waals surface area contributed by atoms with Crippen LogP contribution in [0.4, 0.5) is 11.4 Å². The highest BCUT2D eigenvalue weighted by molar-refractivity contribution is 6.31. The summed E-state index contributed by atoms with van der Waals surface area (Å²) in [6.45, 7) is 0. The quantitative estimate of drug-likeness (QED) is 0.688. The number of benzene rings is 2. The Morgan fingerprint density at radius 2 is 1.86 bits per heavy atom. The van der Waals surface area contributed by atoms with E-state index in [-0.39, 0.29) is 5.91 Å². The van der Waals surface area contributed by atoms with Crippen molar-refractivity contribution < 1.29 is 14.3 Å². The fraction of sp³-hybridized carbons (Fsp3) is 0.143. The monoisotopic (exact) mass is 395 g/mol. The molecule has 1 amide bonds. The Bertz CT molecular complexity index is 1020. The van der Waals surface area contributed by atoms with Crippen LogP contribution in [0.3, 0.4) is 0 Å². The van der Waals surface area contributed by atoms with Gasteiger partial charge in [0, 0.05) is 16.9 Å². The van der Waals surface area contributed by atoms with Crippen molar-refractivity contribution in [2.75, 3.05) is 24.4 Å². The number of fused-ring (bicyclic) bond motifs is 1. The second-order valence-electron chi connectivity index (χ2n) is 6.20. The van der Waals surface area contributed by atoms with Gasteiger partial charge in [-0.05, 0) is 54.6 Å². The Labute approximate surface area is 167 Å². The molecule has 0 radical (unpaired) electrons. The summed E-state index contributed by atoms with van der Waals surface area (Å²) in [5.41, 5.74) is 2.59. The summed E-state index contributed by atoms with van der Waals surface area (Å²) in [6.07, 6.45) is 1.16. The zero-order valence-corrected chi connectivity index (χ0v) is 16.1. The van der Waals surface area contributed by atoms with Gasteiger partial charge in [-0.2, -0.15) is 0 Å². The smallest absolute Gasteiger partial charge is 0.262 e. The van der Waals surface area contributed by atoms with E-state index in [1.807, 2.05) is 24.3 Å². The lowest BCUT2D eigenvalue weighted by Crippen LogP contribution is -2.32. The Balaban J connectivity index is 1.79. The molecule has 6 nitrogen and oxygen atoms in total. The molecule has 1 N–H and O–H groups in total. The summed E-state index contributed by atoms with van der Waals surface area (Å²) in [5, 5.41) is 3.93. The number of carbonyl (C=O) groups is 1. The molecule has 28 heavy (non-hydrogen) atoms. The molecule has 0 bridgehead atoms. The maximum absolute atomic E-state index is 13.1. The zero-order valence-electron chi connectivity index (χ0n) is 15.3. The largest absolute Gasteiger partial charge is 0.497 e. The molecule has 142 valence electrons. The highest BCUT2D eigenvalue weighted by Gasteiger charge is 2.39. The van der Waals surface area contributed by atoms with Crippen molar-refractivity contribution in [3.63, 3.8) is 0 Å². The van der Waals surface area contributed by atoms with Gasteiger partial charge >= 0.3 is 0 Å². The normalized spacial score (nSPS) is 15.3. The summed E-state index contributed by atoms with van der Waals surface area (Å²) in [4.78, 5) is 19.2. The second-order valence-corrected chi connectivity index (χ2v) is 6.64. The lowest BCUT2D eigenvalue weighted by Gasteiger charge is -2.27. The van der Waals surface area contributed by atoms with Crippen molar-refractivity contribution in [1.82, 2.24) is 4.98 Å². The van der Waals surface area contributed by atoms with E-state index in [0.717, 1.165) is 5.69 Å². The van der Waals surface area contributed by atoms with Crippen LogP contribution in [0.15, 0.2) is 60.8 Å². The van der Waals surface area contributed by atoms with Crippen LogP contribution in [-0.2, 0) is 0 Å². The standard InChI is InChI=1S/C21H18ClN3O3/c1-27-15-8-6-14(7-9-15)25-20(19-16(21(25)26)4-3-11-23-19)24-17-12-13(22)5-10-18(17)28-2/h3-12,20,24H,1-2H3/t20-/m0/s1. The first-order valence-electron chi connectivity index (χ1n) is 8.65. The van der Waals surface area contributed by atoms with Crippen molar-refractivity contribution in [2.24, 2.45) is 0 Å². The minimum Gasteiger partial charge on any atom is -0.497 e. The average Bonchev–Trinajstić information content (AvgIpc) is 3.00. The number of halogens is 1. The van der Waals surface area contributed by atoms with Crippen LogP contribution >= 0.6 is 11.6 Å². The first kappa shape index (κ1) is 18.1. The van der Waals surface area contributed by atoms with Crippen LogP contribution in [0.1, 0.15) is 22.2 Å². The lowest BCUT2D eigenvalue weighted by molar-refractivity contribution is 0.0993. The highest BCUT2D eigenvalue weighted by Crippen LogP contribution is 2.39. The van der Waals surface area contributed by atoms with Gasteiger partial charge in [0.05, 0.1) is 31.2 Å². The number of methoxy groups -OCH3 is 2. The molecule has 1 aromatic heterocycles. The predicted octanol–water partition coefficient (Wildman–Crippen LogP) is 4.52. The van der Waals surface area contributed by atoms with E-state index < -0.39 is 6.17 Å². The number of nitrogens with one attached hydrogen (secondary N) is 1. The SMILES string of the molecule is COc1ccc(N2C(=O)c3cccnc3[C@H]2Nc2cc(Cl)ccc2OC)cc1. The molecular weight excluding hydrogens is 378 g/mol. The molecule has 1 aliphatic heterocycles. The number of hydrogen-bond acceptors (Lipinski definition) is 5. The van der Waals surface area contributed by atoms with Gasteiger partial charge in [-0.1, -0.05) is 11.6 Å². The minimum absolute atomic E-state index is 0.133. The Morgan fingerprint density at radius 1 is 1.07 bits per heavy atom. The molecular formula is C21H18ClN3O3. The molecule has 0 saturated heterocycles. The van der Waals surface area contributed by atoms with Crippen molar-refractivity contribution in [2.45, 2.75) is 6.17 Å². The Kier molecular flexibility index (Phi) is 4.79. The summed E-state index contributed by atoms with van der Waals surface area (Å²) in [7, 11) is 3.19. The van der Waals surface area contributed by atoms with Crippen LogP contribution in [0.2, 0.25) is 5.02 Å². The molecule has 2 heterocycles. The van der Waals surface area contributed by atoms with Crippen molar-refractivity contribution in [3.05, 3.63) is 77.1 Å². The van der Waals surface area contributed by atoms with Gasteiger partial charge in [0.2, 0.25) is 0 Å². The summed E-state index contributed by atoms with van der Waals surface area (Å²) >= 11 is 6.17. The van der Waals surface area contributed by atoms with E-state index in [0.29, 0.717) is 33.5 Å². The van der Waals surface area contributed by atoms with Crippen LogP contribution < -0.4 is 19.7 Å². The second kappa shape index (κ2) is 7.40. The van der Waals surface area contributed by atoms with E-state index in [1.165, 1.54) is 0 Å². The molecule has 0 saturated carbocycles. The van der Waals surface area contributed by atoms with Gasteiger partial charge in [0.25, 0.3) is 5.91 Å². The number of nitrogens with zero attached hydrogens (tertiary/aromatic N) is 2. The molecule has 2 aromatic carbocycles. The third kappa shape index (κ3) is 3.12. The fourth-order valence-corrected chi connectivity index (χ4v) is 3.44. The molecule has 4 rings (SSSR count). The number of carbonyl (C=O) groups excluding carboxylic acids is 1. The first-order chi connectivity index (χ1) is 13.6. The van der Waals surface area contributed by atoms with Crippen molar-refractivity contribution in [1.29, 1.82) is 0 Å². The molecule has 0 spiro atoms. The number of anilines is 2. The number of rotatable bonds is 5. The van der Waals surface area contributed by atoms with E-state index >= 15 is 0 Å². The van der Waals surface area contributed by atoms with Crippen LogP contribution in [0.25, 0.3) is 0 Å². The van der Waals surface area contributed by atoms with Gasteiger partial charge in [-0.25, -0.2) is 0 Å². The molecule has 3 aromatic rings. The number of ether oxygens (including phenoxy) is 2. The topological polar surface area (TPSA) is 63.7 Å². The van der Waals surface area contributed by atoms with Crippen LogP contribution in [0.5, 0.6) is 11.5 Å². The molecule has 0 unspecified atom stereocenters. The summed E-state index contributed by atoms with van der Waals surface area (Å²) in [6, 6.07) is 16.1. The lowest BCUT2D eigenvalue weighted by atomic mass is 10.2. The van der Waals surface area contributed by atoms with Crippen LogP contribution in [0, 0.1) is 0 Å². The molecule has 0 fully saturated rings. The van der Waals surface area contributed by atoms with E-state index in [2.05, 4.69) is 10.3 Å². The van der Waals surface area contributed by atoms with E-state index in [9.17, 15) is 4.79 Å². The summed E-state index contributed by atoms with van der Waals surface area (Å²) in [5.74, 6) is 1.20. The summed E-state index contributed by atoms with van der Waals surface area (Å²) < 4.78 is 10.7. The number of aromatic nitrogens is 1. The first-order valence-corrected chi connectivity index (χ1v) is 9.03. The van der Waals surface area contributed by atoms with Gasteiger partial charge in [-0.15, -0.1) is 0 Å². The highest BCUT2D eigenvalue weighted by atomic mass is 35.5. The maximum atomic E-state index is 13.1. The van der Waals surface area contributed by atoms with Gasteiger partial charge in [-0.3, -0.25) is 14.7 Å². The van der Waals surface area contributed by atoms with Crippen LogP contribution in [-0.4, -0.2) is 25.1 Å². The maximum Gasteiger partial charge on any atom is 0.262 e.